The fraction of sp³-hybridized carbons (Fsp3) is 0.333. The topological polar surface area (TPSA) is 12.0 Å². The highest BCUT2D eigenvalue weighted by Crippen LogP contribution is 2.39. The largest absolute Gasteiger partial charge is 0.377 e. The van der Waals surface area contributed by atoms with Crippen molar-refractivity contribution in [1.82, 2.24) is 0 Å². The molecule has 1 atom stereocenters. The average molecular weight is 251 g/mol. The standard InChI is InChI=1S/C18H21N/c1-12(2)16-6-4-5-15-11-17(19-18(15)16)14-9-7-13(3)8-10-14/h4-10,12,17,19H,11H2,1-3H3. The molecule has 1 N–H and O–H groups in total. The van der Waals surface area contributed by atoms with Crippen molar-refractivity contribution >= 4 is 5.69 Å². The van der Waals surface area contributed by atoms with Gasteiger partial charge in [0.1, 0.15) is 0 Å². The predicted octanol–water partition coefficient (Wildman–Crippen LogP) is 4.83. The minimum absolute atomic E-state index is 0.426. The number of fused-ring (bicyclic) bond motifs is 1. The summed E-state index contributed by atoms with van der Waals surface area (Å²) < 4.78 is 0. The predicted molar refractivity (Wildman–Crippen MR) is 81.8 cm³/mol. The summed E-state index contributed by atoms with van der Waals surface area (Å²) in [4.78, 5) is 0. The van der Waals surface area contributed by atoms with Gasteiger partial charge in [-0.05, 0) is 36.0 Å². The quantitative estimate of drug-likeness (QED) is 0.806. The molecule has 2 aromatic carbocycles. The summed E-state index contributed by atoms with van der Waals surface area (Å²) in [6.07, 6.45) is 1.10. The van der Waals surface area contributed by atoms with E-state index in [9.17, 15) is 0 Å². The molecule has 3 rings (SSSR count). The summed E-state index contributed by atoms with van der Waals surface area (Å²) in [6, 6.07) is 16.0. The molecule has 0 aliphatic carbocycles. The summed E-state index contributed by atoms with van der Waals surface area (Å²) in [6.45, 7) is 6.66. The van der Waals surface area contributed by atoms with Crippen molar-refractivity contribution in [2.45, 2.75) is 39.2 Å². The lowest BCUT2D eigenvalue weighted by molar-refractivity contribution is 0.821. The molecule has 19 heavy (non-hydrogen) atoms. The normalized spacial score (nSPS) is 17.4. The molecule has 1 heteroatoms. The number of para-hydroxylation sites is 1. The zero-order chi connectivity index (χ0) is 13.4. The summed E-state index contributed by atoms with van der Waals surface area (Å²) in [5.74, 6) is 0.569. The second kappa shape index (κ2) is 4.73. The van der Waals surface area contributed by atoms with E-state index in [0.717, 1.165) is 6.42 Å². The molecule has 1 unspecified atom stereocenters. The molecule has 0 bridgehead atoms. The van der Waals surface area contributed by atoms with Crippen LogP contribution in [0.2, 0.25) is 0 Å². The number of hydrogen-bond acceptors (Lipinski definition) is 1. The van der Waals surface area contributed by atoms with Gasteiger partial charge in [0.05, 0.1) is 6.04 Å². The molecular weight excluding hydrogens is 230 g/mol. The highest BCUT2D eigenvalue weighted by molar-refractivity contribution is 5.64. The van der Waals surface area contributed by atoms with Gasteiger partial charge in [-0.15, -0.1) is 0 Å². The van der Waals surface area contributed by atoms with Crippen LogP contribution in [-0.4, -0.2) is 0 Å². The van der Waals surface area contributed by atoms with E-state index in [4.69, 9.17) is 0 Å². The molecule has 0 amide bonds. The van der Waals surface area contributed by atoms with Crippen LogP contribution in [0, 0.1) is 6.92 Å². The van der Waals surface area contributed by atoms with Crippen molar-refractivity contribution < 1.29 is 0 Å². The van der Waals surface area contributed by atoms with Crippen LogP contribution in [0.15, 0.2) is 42.5 Å². The van der Waals surface area contributed by atoms with Crippen molar-refractivity contribution in [1.29, 1.82) is 0 Å². The molecule has 0 radical (unpaired) electrons. The van der Waals surface area contributed by atoms with Crippen LogP contribution in [-0.2, 0) is 6.42 Å². The maximum absolute atomic E-state index is 3.72. The van der Waals surface area contributed by atoms with E-state index >= 15 is 0 Å². The fourth-order valence-electron chi connectivity index (χ4n) is 2.89. The maximum Gasteiger partial charge on any atom is 0.0555 e. The monoisotopic (exact) mass is 251 g/mol. The van der Waals surface area contributed by atoms with Crippen molar-refractivity contribution in [2.75, 3.05) is 5.32 Å². The summed E-state index contributed by atoms with van der Waals surface area (Å²) in [7, 11) is 0. The van der Waals surface area contributed by atoms with Crippen LogP contribution in [0.25, 0.3) is 0 Å². The molecule has 0 spiro atoms. The third kappa shape index (κ3) is 2.25. The van der Waals surface area contributed by atoms with Crippen LogP contribution in [0.3, 0.4) is 0 Å². The molecular formula is C18H21N. The SMILES string of the molecule is Cc1ccc(C2Cc3cccc(C(C)C)c3N2)cc1. The summed E-state index contributed by atoms with van der Waals surface area (Å²) in [5, 5.41) is 3.72. The molecule has 1 aliphatic heterocycles. The van der Waals surface area contributed by atoms with E-state index in [-0.39, 0.29) is 0 Å². The second-order valence-corrected chi connectivity index (χ2v) is 5.85. The van der Waals surface area contributed by atoms with E-state index in [1.54, 1.807) is 0 Å². The number of nitrogens with one attached hydrogen (secondary N) is 1. The first-order valence-corrected chi connectivity index (χ1v) is 7.10. The van der Waals surface area contributed by atoms with E-state index in [2.05, 4.69) is 68.6 Å². The Kier molecular flexibility index (Phi) is 3.06. The Balaban J connectivity index is 1.92. The maximum atomic E-state index is 3.72. The Labute approximate surface area is 115 Å². The van der Waals surface area contributed by atoms with Crippen LogP contribution in [0.1, 0.15) is 48.1 Å². The van der Waals surface area contributed by atoms with Crippen molar-refractivity contribution in [3.05, 3.63) is 64.7 Å². The Morgan fingerprint density at radius 3 is 2.47 bits per heavy atom. The number of hydrogen-bond donors (Lipinski definition) is 1. The summed E-state index contributed by atoms with van der Waals surface area (Å²) in [5.41, 5.74) is 6.96. The van der Waals surface area contributed by atoms with Crippen LogP contribution < -0.4 is 5.32 Å². The zero-order valence-electron chi connectivity index (χ0n) is 11.9. The van der Waals surface area contributed by atoms with E-state index < -0.39 is 0 Å². The van der Waals surface area contributed by atoms with Gasteiger partial charge in [0, 0.05) is 5.69 Å². The van der Waals surface area contributed by atoms with Crippen molar-refractivity contribution in [3.8, 4) is 0 Å². The number of rotatable bonds is 2. The van der Waals surface area contributed by atoms with Gasteiger partial charge in [0.25, 0.3) is 0 Å². The molecule has 1 aliphatic rings. The molecule has 2 aromatic rings. The first-order chi connectivity index (χ1) is 9.15. The van der Waals surface area contributed by atoms with Gasteiger partial charge in [-0.3, -0.25) is 0 Å². The van der Waals surface area contributed by atoms with Crippen molar-refractivity contribution in [3.63, 3.8) is 0 Å². The van der Waals surface area contributed by atoms with Gasteiger partial charge in [-0.1, -0.05) is 61.9 Å². The Hall–Kier alpha value is -1.76. The van der Waals surface area contributed by atoms with Gasteiger partial charge in [0.2, 0.25) is 0 Å². The summed E-state index contributed by atoms with van der Waals surface area (Å²) >= 11 is 0. The number of anilines is 1. The van der Waals surface area contributed by atoms with E-state index in [1.165, 1.54) is 27.9 Å². The lowest BCUT2D eigenvalue weighted by Crippen LogP contribution is -2.06. The van der Waals surface area contributed by atoms with Crippen LogP contribution >= 0.6 is 0 Å². The molecule has 0 fully saturated rings. The first kappa shape index (κ1) is 12.3. The molecule has 0 saturated heterocycles. The van der Waals surface area contributed by atoms with Gasteiger partial charge in [0.15, 0.2) is 0 Å². The zero-order valence-corrected chi connectivity index (χ0v) is 11.9. The third-order valence-corrected chi connectivity index (χ3v) is 4.03. The lowest BCUT2D eigenvalue weighted by Gasteiger charge is -2.15. The van der Waals surface area contributed by atoms with E-state index in [1.807, 2.05) is 0 Å². The average Bonchev–Trinajstić information content (AvgIpc) is 2.82. The third-order valence-electron chi connectivity index (χ3n) is 4.03. The first-order valence-electron chi connectivity index (χ1n) is 7.10. The number of aryl methyl sites for hydroxylation is 1. The second-order valence-electron chi connectivity index (χ2n) is 5.85. The molecule has 1 nitrogen and oxygen atoms in total. The highest BCUT2D eigenvalue weighted by Gasteiger charge is 2.24. The van der Waals surface area contributed by atoms with Gasteiger partial charge >= 0.3 is 0 Å². The smallest absolute Gasteiger partial charge is 0.0555 e. The van der Waals surface area contributed by atoms with Crippen LogP contribution in [0.5, 0.6) is 0 Å². The molecule has 0 saturated carbocycles. The van der Waals surface area contributed by atoms with Crippen molar-refractivity contribution in [2.24, 2.45) is 0 Å². The number of benzene rings is 2. The molecule has 1 heterocycles. The van der Waals surface area contributed by atoms with E-state index in [0.29, 0.717) is 12.0 Å². The Bertz CT molecular complexity index is 581. The van der Waals surface area contributed by atoms with Gasteiger partial charge in [-0.25, -0.2) is 0 Å². The van der Waals surface area contributed by atoms with Crippen LogP contribution in [0.4, 0.5) is 5.69 Å². The highest BCUT2D eigenvalue weighted by atomic mass is 15.0. The Morgan fingerprint density at radius 1 is 1.05 bits per heavy atom. The minimum atomic E-state index is 0.426. The van der Waals surface area contributed by atoms with Gasteiger partial charge < -0.3 is 5.32 Å². The van der Waals surface area contributed by atoms with Gasteiger partial charge in [-0.2, -0.15) is 0 Å². The Morgan fingerprint density at radius 2 is 1.79 bits per heavy atom. The minimum Gasteiger partial charge on any atom is -0.377 e. The lowest BCUT2D eigenvalue weighted by atomic mass is 9.97. The molecule has 0 aromatic heterocycles. The molecule has 98 valence electrons. The fourth-order valence-corrected chi connectivity index (χ4v) is 2.89.